The second-order valence-corrected chi connectivity index (χ2v) is 28.7. The van der Waals surface area contributed by atoms with Gasteiger partial charge in [-0.15, -0.1) is 0 Å². The Balaban J connectivity index is 2.36. The van der Waals surface area contributed by atoms with E-state index in [1.54, 1.807) is 34.6 Å². The molecule has 29 heteroatoms. The molecule has 0 unspecified atom stereocenters. The number of nitrogens with zero attached hydrogens (tertiary/aromatic N) is 8. The van der Waals surface area contributed by atoms with Crippen molar-refractivity contribution in [3.8, 4) is 0 Å². The second kappa shape index (κ2) is 35.8. The molecule has 1 aromatic heterocycles. The summed E-state index contributed by atoms with van der Waals surface area (Å²) in [6, 6.07) is -11.1. The molecule has 1 aliphatic rings. The third-order valence-electron chi connectivity index (χ3n) is 18.0. The molecule has 97 heavy (non-hydrogen) atoms. The van der Waals surface area contributed by atoms with E-state index in [1.807, 2.05) is 55.4 Å². The summed E-state index contributed by atoms with van der Waals surface area (Å²) in [5.41, 5.74) is -0.831. The number of hydrogen-bond acceptors (Lipinski definition) is 15. The first kappa shape index (κ1) is 83.0. The van der Waals surface area contributed by atoms with Gasteiger partial charge in [0.2, 0.25) is 65.0 Å². The van der Waals surface area contributed by atoms with Crippen LogP contribution in [-0.4, -0.2) is 259 Å². The van der Waals surface area contributed by atoms with Crippen LogP contribution < -0.4 is 21.3 Å². The monoisotopic (exact) mass is 1370 g/mol. The fourth-order valence-electron chi connectivity index (χ4n) is 12.2. The van der Waals surface area contributed by atoms with Crippen molar-refractivity contribution in [2.24, 2.45) is 41.4 Å². The third-order valence-corrected chi connectivity index (χ3v) is 18.0. The van der Waals surface area contributed by atoms with Crippen LogP contribution in [-0.2, 0) is 59.2 Å². The van der Waals surface area contributed by atoms with Gasteiger partial charge in [0, 0.05) is 55.8 Å². The summed E-state index contributed by atoms with van der Waals surface area (Å²) in [5.74, 6) is -14.2. The van der Waals surface area contributed by atoms with Gasteiger partial charge in [0.15, 0.2) is 0 Å². The molecular formula is C68H111N13O16. The highest BCUT2D eigenvalue weighted by molar-refractivity contribution is 6.05. The zero-order valence-corrected chi connectivity index (χ0v) is 61.2. The number of benzene rings is 1. The van der Waals surface area contributed by atoms with Crippen LogP contribution in [0.25, 0.3) is 11.0 Å². The molecule has 8 N–H and O–H groups in total. The average Bonchev–Trinajstić information content (AvgIpc) is 1.78. The minimum absolute atomic E-state index is 0.0667. The lowest BCUT2D eigenvalue weighted by molar-refractivity contribution is -0.157. The van der Waals surface area contributed by atoms with Gasteiger partial charge in [0.05, 0.1) is 34.8 Å². The Bertz CT molecular complexity index is 3130. The van der Waals surface area contributed by atoms with Gasteiger partial charge in [-0.3, -0.25) is 52.7 Å². The molecule has 1 aliphatic heterocycles. The number of carboxylic acids is 2. The number of H-pyrrole nitrogens is 1. The Morgan fingerprint density at radius 3 is 1.40 bits per heavy atom. The van der Waals surface area contributed by atoms with Crippen molar-refractivity contribution in [1.82, 2.24) is 65.5 Å². The Labute approximate surface area is 571 Å². The molecule has 0 radical (unpaired) electrons. The van der Waals surface area contributed by atoms with Crippen LogP contribution in [0.2, 0.25) is 0 Å². The predicted octanol–water partition coefficient (Wildman–Crippen LogP) is 2.82. The molecule has 1 fully saturated rings. The quantitative estimate of drug-likeness (QED) is 0.113. The van der Waals surface area contributed by atoms with E-state index in [4.69, 9.17) is 0 Å². The van der Waals surface area contributed by atoms with Gasteiger partial charge in [0.1, 0.15) is 66.2 Å². The van der Waals surface area contributed by atoms with Gasteiger partial charge in [-0.1, -0.05) is 96.9 Å². The summed E-state index contributed by atoms with van der Waals surface area (Å²) in [5, 5.41) is 43.1. The molecule has 0 saturated carbocycles. The number of rotatable bonds is 17. The Kier molecular flexibility index (Phi) is 30.7. The van der Waals surface area contributed by atoms with E-state index in [-0.39, 0.29) is 79.1 Å². The highest BCUT2D eigenvalue weighted by Crippen LogP contribution is 2.27. The SMILES string of the molecule is CC[C@@H]1NC(=O)[C@H]([C@H](O)[C@H](C)Cc2nc3cc(C(=O)O)c(C(=O)O)cc3[nH]2)N(C)C(=O)[C@H](C(C)C)N(C)C(=O)[C@H](CC(C)C)N(C)C(=O)[C@H](CC(C)C)N(C)C(=O)[C@@H](C)NC(=O)[C@H](C)NC(=O)[C@H](CC(C)C)N(C)C(=O)[C@H](C(C)C)NC(=O)[C@H](CC(C)C)N(C)C(=O)CN(C)C1=O. The van der Waals surface area contributed by atoms with Crippen LogP contribution in [0.5, 0.6) is 0 Å². The highest BCUT2D eigenvalue weighted by Gasteiger charge is 2.46. The fourth-order valence-corrected chi connectivity index (χ4v) is 12.2. The Morgan fingerprint density at radius 2 is 0.928 bits per heavy atom. The zero-order chi connectivity index (χ0) is 74.4. The van der Waals surface area contributed by atoms with Crippen LogP contribution in [0.15, 0.2) is 12.1 Å². The number of fused-ring (bicyclic) bond motifs is 1. The molecule has 2 heterocycles. The van der Waals surface area contributed by atoms with Gasteiger partial charge >= 0.3 is 11.9 Å². The van der Waals surface area contributed by atoms with Crippen molar-refractivity contribution >= 4 is 88.0 Å². The molecule has 0 spiro atoms. The number of hydrogen-bond donors (Lipinski definition) is 8. The first-order chi connectivity index (χ1) is 44.8. The number of likely N-dealkylation sites (N-methyl/N-ethyl adjacent to an activating group) is 7. The summed E-state index contributed by atoms with van der Waals surface area (Å²) in [4.78, 5) is 202. The first-order valence-electron chi connectivity index (χ1n) is 33.6. The molecule has 544 valence electrons. The van der Waals surface area contributed by atoms with Crippen molar-refractivity contribution in [3.05, 3.63) is 29.1 Å². The molecule has 0 aliphatic carbocycles. The van der Waals surface area contributed by atoms with Gasteiger partial charge in [-0.25, -0.2) is 14.6 Å². The Morgan fingerprint density at radius 1 is 0.495 bits per heavy atom. The van der Waals surface area contributed by atoms with Crippen molar-refractivity contribution in [2.45, 2.75) is 216 Å². The maximum atomic E-state index is 15.5. The topological polar surface area (TPSA) is 382 Å². The van der Waals surface area contributed by atoms with Crippen LogP contribution in [0.1, 0.15) is 169 Å². The molecule has 29 nitrogen and oxygen atoms in total. The van der Waals surface area contributed by atoms with E-state index in [9.17, 15) is 58.5 Å². The summed E-state index contributed by atoms with van der Waals surface area (Å²) >= 11 is 0. The molecular weight excluding hydrogens is 1250 g/mol. The van der Waals surface area contributed by atoms with E-state index in [2.05, 4.69) is 31.2 Å². The Hall–Kier alpha value is -8.24. The molecule has 11 amide bonds. The van der Waals surface area contributed by atoms with Crippen molar-refractivity contribution in [1.29, 1.82) is 0 Å². The van der Waals surface area contributed by atoms with E-state index >= 15 is 19.2 Å². The lowest BCUT2D eigenvalue weighted by atomic mass is 9.91. The lowest BCUT2D eigenvalue weighted by Gasteiger charge is -2.41. The van der Waals surface area contributed by atoms with Crippen LogP contribution in [0.4, 0.5) is 0 Å². The number of aromatic nitrogens is 2. The van der Waals surface area contributed by atoms with Crippen molar-refractivity contribution in [3.63, 3.8) is 0 Å². The first-order valence-corrected chi connectivity index (χ1v) is 33.6. The van der Waals surface area contributed by atoms with E-state index in [1.165, 1.54) is 89.7 Å². The van der Waals surface area contributed by atoms with Crippen LogP contribution >= 0.6 is 0 Å². The molecule has 0 bridgehead atoms. The number of carbonyl (C=O) groups excluding carboxylic acids is 11. The standard InChI is InChI=1S/C68H111N13O16/c1-24-44-62(89)75(17)32-52(82)76(18)47(25-33(2)3)59(86)74-53(37(10)11)65(92)77(19)48(26-34(4)5)58(85)69-40(15)57(84)70-41(16)61(88)78(20)49(27-35(6)7)63(90)79(21)50(28-36(8)9)64(91)80(22)54(38(12)13)66(93)81(23)55(60(87)73-44)56(83)39(14)29-51-71-45-30-42(67(94)95)43(68(96)97)31-46(45)72-51/h30-31,33-41,44,47-50,53-56,83H,24-29,32H2,1-23H3,(H,69,85)(H,70,84)(H,71,72)(H,73,87)(H,74,86)(H,94,95)(H,96,97)/t39-,40+,41-,44+,47+,48+,49+,50+,53+,54+,55+,56-/m1/s1. The van der Waals surface area contributed by atoms with Crippen LogP contribution in [0, 0.1) is 41.4 Å². The second-order valence-electron chi connectivity index (χ2n) is 28.7. The van der Waals surface area contributed by atoms with Gasteiger partial charge in [-0.05, 0) is 99.5 Å². The molecule has 3 rings (SSSR count). The maximum Gasteiger partial charge on any atom is 0.336 e. The number of imidazole rings is 1. The van der Waals surface area contributed by atoms with E-state index in [0.717, 1.165) is 26.8 Å². The van der Waals surface area contributed by atoms with Gasteiger partial charge < -0.3 is 75.9 Å². The van der Waals surface area contributed by atoms with Crippen molar-refractivity contribution in [2.75, 3.05) is 55.9 Å². The van der Waals surface area contributed by atoms with Gasteiger partial charge in [-0.2, -0.15) is 0 Å². The number of nitrogens with one attached hydrogen (secondary N) is 5. The largest absolute Gasteiger partial charge is 0.478 e. The number of aliphatic hydroxyl groups excluding tert-OH is 1. The fraction of sp³-hybridized carbons (Fsp3) is 0.706. The molecule has 1 aromatic carbocycles. The molecule has 1 saturated heterocycles. The minimum Gasteiger partial charge on any atom is -0.478 e. The molecule has 12 atom stereocenters. The average molecular weight is 1370 g/mol. The number of aromatic carboxylic acids is 2. The number of aromatic amines is 1. The number of amides is 11. The zero-order valence-electron chi connectivity index (χ0n) is 61.2. The van der Waals surface area contributed by atoms with E-state index < -0.39 is 179 Å². The smallest absolute Gasteiger partial charge is 0.336 e. The van der Waals surface area contributed by atoms with E-state index in [0.29, 0.717) is 0 Å². The molecule has 2 aromatic rings. The maximum absolute atomic E-state index is 15.5. The van der Waals surface area contributed by atoms with Gasteiger partial charge in [0.25, 0.3) is 0 Å². The van der Waals surface area contributed by atoms with Crippen molar-refractivity contribution < 1.29 is 77.6 Å². The number of carbonyl (C=O) groups is 13. The van der Waals surface area contributed by atoms with Crippen LogP contribution in [0.3, 0.4) is 0 Å². The third kappa shape index (κ3) is 21.4. The lowest BCUT2D eigenvalue weighted by Crippen LogP contribution is -2.63. The number of aliphatic hydroxyl groups is 1. The number of carboxylic acid groups (broad SMARTS) is 2. The highest BCUT2D eigenvalue weighted by atomic mass is 16.4. The summed E-state index contributed by atoms with van der Waals surface area (Å²) in [7, 11) is 9.53. The predicted molar refractivity (Wildman–Crippen MR) is 363 cm³/mol. The summed E-state index contributed by atoms with van der Waals surface area (Å²) in [6.07, 6.45) is -1.70. The normalized spacial score (nSPS) is 24.9. The summed E-state index contributed by atoms with van der Waals surface area (Å²) in [6.45, 7) is 26.7. The minimum atomic E-state index is -1.86. The summed E-state index contributed by atoms with van der Waals surface area (Å²) < 4.78 is 0.